The van der Waals surface area contributed by atoms with Crippen LogP contribution in [0.1, 0.15) is 44.0 Å². The van der Waals surface area contributed by atoms with Gasteiger partial charge in [-0.2, -0.15) is 0 Å². The van der Waals surface area contributed by atoms with Gasteiger partial charge in [-0.3, -0.25) is 9.59 Å². The number of hydrogen-bond donors (Lipinski definition) is 1. The third-order valence-electron chi connectivity index (χ3n) is 4.17. The largest absolute Gasteiger partial charge is 0.462 e. The number of hydrogen-bond acceptors (Lipinski definition) is 4. The number of anilines is 1. The molecule has 2 rings (SSSR count). The van der Waals surface area contributed by atoms with Gasteiger partial charge in [0.2, 0.25) is 11.8 Å². The van der Waals surface area contributed by atoms with Crippen LogP contribution in [0.4, 0.5) is 5.69 Å². The number of para-hydroxylation sites is 1. The molecule has 0 saturated carbocycles. The Kier molecular flexibility index (Phi) is 5.59. The minimum Gasteiger partial charge on any atom is -0.462 e. The molecule has 0 spiro atoms. The quantitative estimate of drug-likeness (QED) is 0.664. The molecule has 2 amide bonds. The molecule has 0 aromatic heterocycles. The van der Waals surface area contributed by atoms with Gasteiger partial charge >= 0.3 is 5.97 Å². The van der Waals surface area contributed by atoms with Gasteiger partial charge in [-0.15, -0.1) is 0 Å². The molecule has 6 nitrogen and oxygen atoms in total. The third-order valence-corrected chi connectivity index (χ3v) is 4.17. The van der Waals surface area contributed by atoms with E-state index in [-0.39, 0.29) is 18.1 Å². The Morgan fingerprint density at radius 3 is 2.42 bits per heavy atom. The molecule has 1 N–H and O–H groups in total. The minimum absolute atomic E-state index is 0.189. The number of likely N-dealkylation sites (tertiary alicyclic amines) is 1. The zero-order valence-corrected chi connectivity index (χ0v) is 14.4. The van der Waals surface area contributed by atoms with E-state index < -0.39 is 17.3 Å². The fourth-order valence-corrected chi connectivity index (χ4v) is 2.67. The second-order valence-corrected chi connectivity index (χ2v) is 6.34. The number of nitrogens with one attached hydrogen (secondary N) is 1. The van der Waals surface area contributed by atoms with E-state index in [1.165, 1.54) is 0 Å². The first-order valence-electron chi connectivity index (χ1n) is 8.25. The molecule has 24 heavy (non-hydrogen) atoms. The fraction of sp³-hybridized carbons (Fsp3) is 0.500. The first kappa shape index (κ1) is 18.0. The van der Waals surface area contributed by atoms with Gasteiger partial charge in [0.05, 0.1) is 17.9 Å². The molecule has 0 bridgehead atoms. The summed E-state index contributed by atoms with van der Waals surface area (Å²) in [7, 11) is 0. The van der Waals surface area contributed by atoms with Crippen molar-refractivity contribution >= 4 is 23.5 Å². The number of nitrogens with zero attached hydrogens (tertiary/aromatic N) is 1. The van der Waals surface area contributed by atoms with Crippen molar-refractivity contribution in [3.63, 3.8) is 0 Å². The van der Waals surface area contributed by atoms with E-state index in [0.717, 1.165) is 12.8 Å². The van der Waals surface area contributed by atoms with Gasteiger partial charge in [-0.1, -0.05) is 12.1 Å². The zero-order chi connectivity index (χ0) is 17.7. The summed E-state index contributed by atoms with van der Waals surface area (Å²) in [4.78, 5) is 39.0. The van der Waals surface area contributed by atoms with Crippen molar-refractivity contribution in [1.29, 1.82) is 0 Å². The van der Waals surface area contributed by atoms with E-state index in [9.17, 15) is 14.4 Å². The molecule has 1 aromatic carbocycles. The number of esters is 1. The maximum atomic E-state index is 12.7. The van der Waals surface area contributed by atoms with Gasteiger partial charge in [0.15, 0.2) is 0 Å². The van der Waals surface area contributed by atoms with Crippen LogP contribution in [0.5, 0.6) is 0 Å². The third kappa shape index (κ3) is 3.75. The van der Waals surface area contributed by atoms with Gasteiger partial charge in [-0.05, 0) is 45.7 Å². The van der Waals surface area contributed by atoms with Crippen LogP contribution < -0.4 is 5.32 Å². The molecule has 1 aliphatic rings. The van der Waals surface area contributed by atoms with E-state index >= 15 is 0 Å². The summed E-state index contributed by atoms with van der Waals surface area (Å²) in [5.74, 6) is -1.13. The molecule has 1 saturated heterocycles. The van der Waals surface area contributed by atoms with Crippen LogP contribution in [0.25, 0.3) is 0 Å². The lowest BCUT2D eigenvalue weighted by Crippen LogP contribution is -2.46. The van der Waals surface area contributed by atoms with Crippen LogP contribution in [-0.2, 0) is 14.3 Å². The van der Waals surface area contributed by atoms with Crippen LogP contribution in [-0.4, -0.2) is 42.4 Å². The second kappa shape index (κ2) is 7.47. The van der Waals surface area contributed by atoms with E-state index in [0.29, 0.717) is 18.8 Å². The van der Waals surface area contributed by atoms with E-state index in [2.05, 4.69) is 5.32 Å². The Balaban J connectivity index is 2.16. The Morgan fingerprint density at radius 1 is 1.17 bits per heavy atom. The molecule has 0 radical (unpaired) electrons. The van der Waals surface area contributed by atoms with Crippen molar-refractivity contribution in [2.24, 2.45) is 5.41 Å². The highest BCUT2D eigenvalue weighted by Crippen LogP contribution is 2.25. The van der Waals surface area contributed by atoms with Gasteiger partial charge in [0.1, 0.15) is 5.41 Å². The Hall–Kier alpha value is -2.37. The minimum atomic E-state index is -1.20. The van der Waals surface area contributed by atoms with Crippen molar-refractivity contribution < 1.29 is 19.1 Å². The van der Waals surface area contributed by atoms with E-state index in [1.807, 2.05) is 0 Å². The first-order valence-corrected chi connectivity index (χ1v) is 8.25. The van der Waals surface area contributed by atoms with Crippen LogP contribution in [0.15, 0.2) is 24.3 Å². The maximum Gasteiger partial charge on any atom is 0.340 e. The molecule has 130 valence electrons. The Labute approximate surface area is 142 Å². The van der Waals surface area contributed by atoms with E-state index in [1.54, 1.807) is 49.9 Å². The summed E-state index contributed by atoms with van der Waals surface area (Å²) in [6.07, 6.45) is 1.93. The van der Waals surface area contributed by atoms with Crippen LogP contribution in [0.2, 0.25) is 0 Å². The molecule has 1 heterocycles. The topological polar surface area (TPSA) is 75.7 Å². The smallest absolute Gasteiger partial charge is 0.340 e. The second-order valence-electron chi connectivity index (χ2n) is 6.34. The lowest BCUT2D eigenvalue weighted by atomic mass is 9.90. The number of carbonyl (C=O) groups is 3. The number of rotatable bonds is 5. The van der Waals surface area contributed by atoms with Crippen molar-refractivity contribution in [1.82, 2.24) is 4.90 Å². The highest BCUT2D eigenvalue weighted by Gasteiger charge is 2.40. The molecule has 0 aliphatic carbocycles. The SMILES string of the molecule is CCOC(=O)c1ccccc1NC(=O)C(C)(C)C(=O)N1CCCC1. The average Bonchev–Trinajstić information content (AvgIpc) is 3.09. The van der Waals surface area contributed by atoms with Crippen molar-refractivity contribution in [2.75, 3.05) is 25.0 Å². The molecule has 1 aliphatic heterocycles. The predicted molar refractivity (Wildman–Crippen MR) is 90.6 cm³/mol. The average molecular weight is 332 g/mol. The monoisotopic (exact) mass is 332 g/mol. The summed E-state index contributed by atoms with van der Waals surface area (Å²) < 4.78 is 5.00. The Bertz CT molecular complexity index is 634. The molecular weight excluding hydrogens is 308 g/mol. The fourth-order valence-electron chi connectivity index (χ4n) is 2.67. The molecule has 1 aromatic rings. The predicted octanol–water partition coefficient (Wildman–Crippen LogP) is 2.45. The van der Waals surface area contributed by atoms with Gasteiger partial charge in [0.25, 0.3) is 0 Å². The van der Waals surface area contributed by atoms with Gasteiger partial charge < -0.3 is 15.0 Å². The molecular formula is C18H24N2O4. The summed E-state index contributed by atoms with van der Waals surface area (Å²) in [6, 6.07) is 6.62. The lowest BCUT2D eigenvalue weighted by Gasteiger charge is -2.28. The molecule has 0 atom stereocenters. The number of carbonyl (C=O) groups excluding carboxylic acids is 3. The van der Waals surface area contributed by atoms with Gasteiger partial charge in [0, 0.05) is 13.1 Å². The summed E-state index contributed by atoms with van der Waals surface area (Å²) in [6.45, 7) is 6.56. The van der Waals surface area contributed by atoms with Gasteiger partial charge in [-0.25, -0.2) is 4.79 Å². The zero-order valence-electron chi connectivity index (χ0n) is 14.4. The number of amides is 2. The van der Waals surface area contributed by atoms with Crippen LogP contribution in [0, 0.1) is 5.41 Å². The summed E-state index contributed by atoms with van der Waals surface area (Å²) in [5.41, 5.74) is -0.577. The Morgan fingerprint density at radius 2 is 1.79 bits per heavy atom. The highest BCUT2D eigenvalue weighted by atomic mass is 16.5. The van der Waals surface area contributed by atoms with Crippen LogP contribution >= 0.6 is 0 Å². The molecule has 1 fully saturated rings. The highest BCUT2D eigenvalue weighted by molar-refractivity contribution is 6.11. The van der Waals surface area contributed by atoms with Crippen LogP contribution in [0.3, 0.4) is 0 Å². The molecule has 0 unspecified atom stereocenters. The summed E-state index contributed by atoms with van der Waals surface area (Å²) in [5, 5.41) is 2.71. The van der Waals surface area contributed by atoms with Crippen molar-refractivity contribution in [3.8, 4) is 0 Å². The number of benzene rings is 1. The maximum absolute atomic E-state index is 12.7. The standard InChI is InChI=1S/C18H24N2O4/c1-4-24-15(21)13-9-5-6-10-14(13)19-16(22)18(2,3)17(23)20-11-7-8-12-20/h5-6,9-10H,4,7-8,11-12H2,1-3H3,(H,19,22). The summed E-state index contributed by atoms with van der Waals surface area (Å²) >= 11 is 0. The van der Waals surface area contributed by atoms with E-state index in [4.69, 9.17) is 4.74 Å². The number of ether oxygens (including phenoxy) is 1. The van der Waals surface area contributed by atoms with Crippen molar-refractivity contribution in [3.05, 3.63) is 29.8 Å². The molecule has 6 heteroatoms. The lowest BCUT2D eigenvalue weighted by molar-refractivity contribution is -0.145. The first-order chi connectivity index (χ1) is 11.4. The normalized spacial score (nSPS) is 14.4. The van der Waals surface area contributed by atoms with Crippen molar-refractivity contribution in [2.45, 2.75) is 33.6 Å².